The molecule has 0 N–H and O–H groups in total. The number of hydrogen-bond acceptors (Lipinski definition) is 2. The Hall–Kier alpha value is -3.05. The molecule has 0 aromatic heterocycles. The Morgan fingerprint density at radius 1 is 0.882 bits per heavy atom. The third-order valence-corrected chi connectivity index (χ3v) is 7.58. The molecule has 0 amide bonds. The number of fused-ring (bicyclic) bond motifs is 3. The van der Waals surface area contributed by atoms with Crippen molar-refractivity contribution < 1.29 is 22.8 Å². The van der Waals surface area contributed by atoms with Crippen LogP contribution in [-0.4, -0.2) is 30.1 Å². The van der Waals surface area contributed by atoms with Crippen molar-refractivity contribution in [2.45, 2.75) is 31.9 Å². The number of ether oxygens (including phenoxy) is 1. The van der Waals surface area contributed by atoms with Crippen LogP contribution in [0.4, 0.5) is 8.78 Å². The largest absolute Gasteiger partial charge is 0.453 e. The SMILES string of the molecule is O=C(C[C@H]1C[N+]2(Cc3ccccc3)CCC1CC2)OC(c1cccc(F)c1)c1cccc(F)c1. The van der Waals surface area contributed by atoms with Crippen molar-refractivity contribution >= 4 is 5.97 Å². The van der Waals surface area contributed by atoms with Gasteiger partial charge in [-0.05, 0) is 41.3 Å². The van der Waals surface area contributed by atoms with Gasteiger partial charge >= 0.3 is 5.97 Å². The Bertz CT molecular complexity index is 1100. The van der Waals surface area contributed by atoms with Gasteiger partial charge in [0.1, 0.15) is 18.2 Å². The second-order valence-corrected chi connectivity index (χ2v) is 9.90. The molecule has 3 aliphatic heterocycles. The summed E-state index contributed by atoms with van der Waals surface area (Å²) >= 11 is 0. The normalized spacial score (nSPS) is 23.7. The summed E-state index contributed by atoms with van der Waals surface area (Å²) in [5.41, 5.74) is 2.34. The molecule has 3 nitrogen and oxygen atoms in total. The lowest BCUT2D eigenvalue weighted by Gasteiger charge is -2.52. The first-order valence-electron chi connectivity index (χ1n) is 12.1. The molecule has 3 fully saturated rings. The maximum Gasteiger partial charge on any atom is 0.307 e. The summed E-state index contributed by atoms with van der Waals surface area (Å²) in [6.45, 7) is 4.27. The fourth-order valence-electron chi connectivity index (χ4n) is 5.92. The summed E-state index contributed by atoms with van der Waals surface area (Å²) in [6, 6.07) is 22.5. The highest BCUT2D eigenvalue weighted by atomic mass is 19.1. The summed E-state index contributed by atoms with van der Waals surface area (Å²) in [5.74, 6) is -0.348. The molecule has 1 atom stereocenters. The maximum absolute atomic E-state index is 13.9. The van der Waals surface area contributed by atoms with Crippen LogP contribution in [0.15, 0.2) is 78.9 Å². The number of nitrogens with zero attached hydrogens (tertiary/aromatic N) is 1. The first kappa shape index (κ1) is 22.7. The van der Waals surface area contributed by atoms with E-state index in [4.69, 9.17) is 4.74 Å². The lowest BCUT2D eigenvalue weighted by Crippen LogP contribution is -2.61. The van der Waals surface area contributed by atoms with Gasteiger partial charge in [0.2, 0.25) is 0 Å². The summed E-state index contributed by atoms with van der Waals surface area (Å²) in [4.78, 5) is 13.2. The number of carbonyl (C=O) groups is 1. The van der Waals surface area contributed by atoms with E-state index < -0.39 is 17.7 Å². The number of quaternary nitrogens is 1. The van der Waals surface area contributed by atoms with E-state index in [0.29, 0.717) is 23.5 Å². The predicted octanol–water partition coefficient (Wildman–Crippen LogP) is 6.04. The molecule has 3 aromatic carbocycles. The van der Waals surface area contributed by atoms with Crippen molar-refractivity contribution in [1.29, 1.82) is 0 Å². The molecular formula is C29H30F2NO2+. The van der Waals surface area contributed by atoms with Gasteiger partial charge < -0.3 is 9.22 Å². The Labute approximate surface area is 199 Å². The van der Waals surface area contributed by atoms with Gasteiger partial charge in [-0.2, -0.15) is 0 Å². The maximum atomic E-state index is 13.9. The average molecular weight is 463 g/mol. The highest BCUT2D eigenvalue weighted by Crippen LogP contribution is 2.41. The van der Waals surface area contributed by atoms with Crippen LogP contribution in [0.2, 0.25) is 0 Å². The third kappa shape index (κ3) is 5.05. The number of carbonyl (C=O) groups excluding carboxylic acids is 1. The van der Waals surface area contributed by atoms with Crippen LogP contribution < -0.4 is 0 Å². The number of halogens is 2. The summed E-state index contributed by atoms with van der Waals surface area (Å²) < 4.78 is 34.8. The summed E-state index contributed by atoms with van der Waals surface area (Å²) in [6.07, 6.45) is 1.75. The zero-order valence-corrected chi connectivity index (χ0v) is 19.2. The molecule has 3 aromatic rings. The minimum Gasteiger partial charge on any atom is -0.453 e. The van der Waals surface area contributed by atoms with Gasteiger partial charge in [0.05, 0.1) is 26.1 Å². The van der Waals surface area contributed by atoms with E-state index >= 15 is 0 Å². The monoisotopic (exact) mass is 462 g/mol. The molecule has 0 aliphatic carbocycles. The lowest BCUT2D eigenvalue weighted by molar-refractivity contribution is -0.959. The van der Waals surface area contributed by atoms with E-state index in [1.54, 1.807) is 24.3 Å². The van der Waals surface area contributed by atoms with E-state index in [0.717, 1.165) is 43.5 Å². The first-order chi connectivity index (χ1) is 16.5. The van der Waals surface area contributed by atoms with Crippen molar-refractivity contribution in [3.05, 3.63) is 107 Å². The van der Waals surface area contributed by atoms with Gasteiger partial charge in [-0.15, -0.1) is 0 Å². The number of piperidine rings is 3. The van der Waals surface area contributed by atoms with Crippen LogP contribution in [0, 0.1) is 23.5 Å². The Morgan fingerprint density at radius 2 is 1.50 bits per heavy atom. The van der Waals surface area contributed by atoms with Crippen molar-refractivity contribution in [1.82, 2.24) is 0 Å². The van der Waals surface area contributed by atoms with Gasteiger partial charge in [0, 0.05) is 24.3 Å². The van der Waals surface area contributed by atoms with Crippen molar-refractivity contribution in [2.75, 3.05) is 19.6 Å². The van der Waals surface area contributed by atoms with Crippen molar-refractivity contribution in [3.63, 3.8) is 0 Å². The molecule has 2 bridgehead atoms. The molecule has 6 rings (SSSR count). The number of hydrogen-bond donors (Lipinski definition) is 0. The fraction of sp³-hybridized carbons (Fsp3) is 0.345. The Balaban J connectivity index is 1.31. The van der Waals surface area contributed by atoms with E-state index in [-0.39, 0.29) is 11.9 Å². The van der Waals surface area contributed by atoms with E-state index in [2.05, 4.69) is 24.3 Å². The molecule has 0 spiro atoms. The highest BCUT2D eigenvalue weighted by molar-refractivity contribution is 5.70. The number of esters is 1. The molecule has 5 heteroatoms. The lowest BCUT2D eigenvalue weighted by atomic mass is 9.75. The topological polar surface area (TPSA) is 26.3 Å². The molecule has 34 heavy (non-hydrogen) atoms. The molecule has 0 saturated carbocycles. The highest BCUT2D eigenvalue weighted by Gasteiger charge is 2.46. The first-order valence-corrected chi connectivity index (χ1v) is 12.1. The fourth-order valence-corrected chi connectivity index (χ4v) is 5.92. The van der Waals surface area contributed by atoms with E-state index in [1.165, 1.54) is 29.8 Å². The summed E-state index contributed by atoms with van der Waals surface area (Å²) in [7, 11) is 0. The molecule has 0 radical (unpaired) electrons. The van der Waals surface area contributed by atoms with Gasteiger partial charge in [-0.1, -0.05) is 54.6 Å². The van der Waals surface area contributed by atoms with Gasteiger partial charge in [-0.25, -0.2) is 8.78 Å². The van der Waals surface area contributed by atoms with Crippen LogP contribution >= 0.6 is 0 Å². The molecule has 176 valence electrons. The van der Waals surface area contributed by atoms with Gasteiger partial charge in [0.15, 0.2) is 6.10 Å². The molecule has 0 unspecified atom stereocenters. The van der Waals surface area contributed by atoms with Crippen LogP contribution in [0.3, 0.4) is 0 Å². The van der Waals surface area contributed by atoms with Gasteiger partial charge in [0.25, 0.3) is 0 Å². The second-order valence-electron chi connectivity index (χ2n) is 9.90. The minimum absolute atomic E-state index is 0.263. The Kier molecular flexibility index (Phi) is 6.46. The van der Waals surface area contributed by atoms with Crippen molar-refractivity contribution in [2.24, 2.45) is 11.8 Å². The third-order valence-electron chi connectivity index (χ3n) is 7.58. The van der Waals surface area contributed by atoms with Crippen LogP contribution in [0.5, 0.6) is 0 Å². The number of benzene rings is 3. The van der Waals surface area contributed by atoms with Crippen molar-refractivity contribution in [3.8, 4) is 0 Å². The molecule has 3 aliphatic rings. The smallest absolute Gasteiger partial charge is 0.307 e. The zero-order valence-electron chi connectivity index (χ0n) is 19.2. The molecule has 3 saturated heterocycles. The zero-order chi connectivity index (χ0) is 23.5. The average Bonchev–Trinajstić information content (AvgIpc) is 2.83. The van der Waals surface area contributed by atoms with Gasteiger partial charge in [-0.3, -0.25) is 4.79 Å². The number of rotatable bonds is 7. The predicted molar refractivity (Wildman–Crippen MR) is 127 cm³/mol. The minimum atomic E-state index is -0.840. The summed E-state index contributed by atoms with van der Waals surface area (Å²) in [5, 5.41) is 0. The van der Waals surface area contributed by atoms with E-state index in [9.17, 15) is 13.6 Å². The quantitative estimate of drug-likeness (QED) is 0.316. The van der Waals surface area contributed by atoms with Crippen LogP contribution in [0.1, 0.15) is 42.1 Å². The molecule has 3 heterocycles. The van der Waals surface area contributed by atoms with Crippen LogP contribution in [0.25, 0.3) is 0 Å². The standard InChI is InChI=1S/C29H30F2NO2/c30-26-10-4-8-23(16-26)29(24-9-5-11-27(31)17-24)34-28(33)18-25-20-32(14-12-22(25)13-15-32)19-21-6-2-1-3-7-21/h1-11,16-17,22,25,29H,12-15,18-20H2/q+1/t22?,25-,32?/m0/s1. The van der Waals surface area contributed by atoms with E-state index in [1.807, 2.05) is 6.07 Å². The Morgan fingerprint density at radius 3 is 2.09 bits per heavy atom. The molecular weight excluding hydrogens is 432 g/mol. The van der Waals surface area contributed by atoms with Crippen LogP contribution in [-0.2, 0) is 16.1 Å². The second kappa shape index (κ2) is 9.67.